The number of H-pyrrole nitrogens is 1. The maximum Gasteiger partial charge on any atom is 0.268 e. The van der Waals surface area contributed by atoms with Crippen molar-refractivity contribution in [2.75, 3.05) is 5.32 Å². The molecule has 3 aromatic rings. The van der Waals surface area contributed by atoms with Crippen LogP contribution in [-0.2, 0) is 4.79 Å². The maximum atomic E-state index is 12.0. The molecule has 0 fully saturated rings. The lowest BCUT2D eigenvalue weighted by atomic mass is 9.86. The van der Waals surface area contributed by atoms with Gasteiger partial charge >= 0.3 is 0 Å². The van der Waals surface area contributed by atoms with Crippen LogP contribution >= 0.6 is 22.9 Å². The number of hydrogen-bond acceptors (Lipinski definition) is 4. The Bertz CT molecular complexity index is 963. The molecule has 0 spiro atoms. The predicted molar refractivity (Wildman–Crippen MR) is 86.8 cm³/mol. The second kappa shape index (κ2) is 4.93. The van der Waals surface area contributed by atoms with Crippen LogP contribution < -0.4 is 10.9 Å². The molecule has 0 saturated carbocycles. The molecule has 22 heavy (non-hydrogen) atoms. The predicted octanol–water partition coefficient (Wildman–Crippen LogP) is 3.11. The molecule has 0 aliphatic carbocycles. The first kappa shape index (κ1) is 13.5. The zero-order valence-corrected chi connectivity index (χ0v) is 12.8. The highest BCUT2D eigenvalue weighted by Crippen LogP contribution is 2.46. The van der Waals surface area contributed by atoms with Gasteiger partial charge in [-0.25, -0.2) is 4.98 Å². The largest absolute Gasteiger partial charge is 0.317 e. The van der Waals surface area contributed by atoms with Gasteiger partial charge in [0.25, 0.3) is 5.56 Å². The molecular formula is C15H10ClN3O2S. The lowest BCUT2D eigenvalue weighted by molar-refractivity contribution is -0.116. The van der Waals surface area contributed by atoms with Gasteiger partial charge in [-0.15, -0.1) is 11.3 Å². The fourth-order valence-corrected chi connectivity index (χ4v) is 4.24. The first-order valence-electron chi connectivity index (χ1n) is 6.69. The maximum absolute atomic E-state index is 12.0. The zero-order valence-electron chi connectivity index (χ0n) is 11.2. The van der Waals surface area contributed by atoms with Crippen molar-refractivity contribution in [3.8, 4) is 0 Å². The van der Waals surface area contributed by atoms with Crippen LogP contribution in [0.5, 0.6) is 0 Å². The van der Waals surface area contributed by atoms with Gasteiger partial charge in [-0.05, 0) is 11.6 Å². The minimum absolute atomic E-state index is 0.0830. The van der Waals surface area contributed by atoms with Crippen molar-refractivity contribution in [1.82, 2.24) is 9.97 Å². The lowest BCUT2D eigenvalue weighted by Gasteiger charge is -2.23. The number of anilines is 1. The van der Waals surface area contributed by atoms with Crippen LogP contribution in [0.15, 0.2) is 35.4 Å². The van der Waals surface area contributed by atoms with E-state index in [1.54, 1.807) is 6.07 Å². The van der Waals surface area contributed by atoms with E-state index in [4.69, 9.17) is 11.6 Å². The normalized spacial score (nSPS) is 17.3. The number of aromatic nitrogens is 2. The van der Waals surface area contributed by atoms with Crippen LogP contribution in [0.2, 0.25) is 5.02 Å². The fourth-order valence-electron chi connectivity index (χ4n) is 2.84. The molecule has 3 heterocycles. The van der Waals surface area contributed by atoms with Crippen molar-refractivity contribution in [2.24, 2.45) is 0 Å². The minimum atomic E-state index is -0.198. The average molecular weight is 332 g/mol. The number of nitrogens with one attached hydrogen (secondary N) is 2. The van der Waals surface area contributed by atoms with Gasteiger partial charge < -0.3 is 10.3 Å². The van der Waals surface area contributed by atoms with Crippen LogP contribution in [0.4, 0.5) is 5.00 Å². The number of aromatic amines is 1. The van der Waals surface area contributed by atoms with E-state index in [2.05, 4.69) is 15.3 Å². The van der Waals surface area contributed by atoms with Crippen LogP contribution in [0.25, 0.3) is 10.2 Å². The van der Waals surface area contributed by atoms with Crippen molar-refractivity contribution in [1.29, 1.82) is 0 Å². The SMILES string of the molecule is O=C1CC(c2ccccc2Cl)c2c(sc3c(=O)[nH]cnc23)N1. The number of hydrogen-bond donors (Lipinski definition) is 2. The molecule has 1 aliphatic rings. The van der Waals surface area contributed by atoms with Crippen molar-refractivity contribution < 1.29 is 4.79 Å². The molecule has 2 N–H and O–H groups in total. The van der Waals surface area contributed by atoms with Gasteiger partial charge in [0.2, 0.25) is 5.91 Å². The average Bonchev–Trinajstić information content (AvgIpc) is 2.87. The third-order valence-electron chi connectivity index (χ3n) is 3.79. The van der Waals surface area contributed by atoms with Crippen molar-refractivity contribution in [3.63, 3.8) is 0 Å². The molecule has 5 nitrogen and oxygen atoms in total. The van der Waals surface area contributed by atoms with Crippen molar-refractivity contribution in [2.45, 2.75) is 12.3 Å². The first-order valence-corrected chi connectivity index (χ1v) is 7.89. The summed E-state index contributed by atoms with van der Waals surface area (Å²) in [4.78, 5) is 30.9. The molecule has 1 aromatic carbocycles. The summed E-state index contributed by atoms with van der Waals surface area (Å²) in [7, 11) is 0. The molecule has 0 saturated heterocycles. The van der Waals surface area contributed by atoms with Gasteiger partial charge in [0.15, 0.2) is 0 Å². The Hall–Kier alpha value is -2.18. The van der Waals surface area contributed by atoms with E-state index in [9.17, 15) is 9.59 Å². The quantitative estimate of drug-likeness (QED) is 0.719. The number of halogens is 1. The summed E-state index contributed by atoms with van der Waals surface area (Å²) < 4.78 is 0.520. The highest BCUT2D eigenvalue weighted by Gasteiger charge is 2.32. The topological polar surface area (TPSA) is 74.8 Å². The monoisotopic (exact) mass is 331 g/mol. The number of nitrogens with zero attached hydrogens (tertiary/aromatic N) is 1. The number of fused-ring (bicyclic) bond motifs is 3. The van der Waals surface area contributed by atoms with Gasteiger partial charge in [-0.2, -0.15) is 0 Å². The smallest absolute Gasteiger partial charge is 0.268 e. The van der Waals surface area contributed by atoms with Crippen molar-refractivity contribution >= 4 is 44.1 Å². The number of thiophene rings is 1. The number of benzene rings is 1. The third kappa shape index (κ3) is 1.95. The summed E-state index contributed by atoms with van der Waals surface area (Å²) in [5.41, 5.74) is 2.19. The summed E-state index contributed by atoms with van der Waals surface area (Å²) in [6.07, 6.45) is 1.68. The van der Waals surface area contributed by atoms with E-state index >= 15 is 0 Å². The molecule has 1 atom stereocenters. The molecular weight excluding hydrogens is 322 g/mol. The number of carbonyl (C=O) groups is 1. The van der Waals surface area contributed by atoms with E-state index < -0.39 is 0 Å². The Balaban J connectivity index is 2.03. The number of carbonyl (C=O) groups excluding carboxylic acids is 1. The van der Waals surface area contributed by atoms with E-state index in [1.807, 2.05) is 18.2 Å². The summed E-state index contributed by atoms with van der Waals surface area (Å²) in [6.45, 7) is 0. The Morgan fingerprint density at radius 3 is 2.91 bits per heavy atom. The molecule has 0 radical (unpaired) electrons. The van der Waals surface area contributed by atoms with Gasteiger partial charge in [0.05, 0.1) is 11.8 Å². The van der Waals surface area contributed by atoms with E-state index in [-0.39, 0.29) is 23.8 Å². The van der Waals surface area contributed by atoms with Gasteiger partial charge in [0.1, 0.15) is 9.70 Å². The highest BCUT2D eigenvalue weighted by atomic mass is 35.5. The van der Waals surface area contributed by atoms with Crippen LogP contribution in [-0.4, -0.2) is 15.9 Å². The van der Waals surface area contributed by atoms with E-state index in [1.165, 1.54) is 17.7 Å². The molecule has 2 aromatic heterocycles. The second-order valence-corrected chi connectivity index (χ2v) is 6.51. The van der Waals surface area contributed by atoms with Crippen LogP contribution in [0.1, 0.15) is 23.5 Å². The molecule has 1 unspecified atom stereocenters. The zero-order chi connectivity index (χ0) is 15.3. The summed E-state index contributed by atoms with van der Waals surface area (Å²) in [5, 5.41) is 4.13. The Morgan fingerprint density at radius 2 is 2.09 bits per heavy atom. The third-order valence-corrected chi connectivity index (χ3v) is 5.24. The van der Waals surface area contributed by atoms with Crippen molar-refractivity contribution in [3.05, 3.63) is 57.1 Å². The fraction of sp³-hybridized carbons (Fsp3) is 0.133. The van der Waals surface area contributed by atoms with Crippen LogP contribution in [0.3, 0.4) is 0 Å². The van der Waals surface area contributed by atoms with E-state index in [0.29, 0.717) is 20.2 Å². The summed E-state index contributed by atoms with van der Waals surface area (Å²) in [6, 6.07) is 7.45. The number of rotatable bonds is 1. The van der Waals surface area contributed by atoms with Gasteiger partial charge in [0, 0.05) is 22.9 Å². The molecule has 1 amide bonds. The first-order chi connectivity index (χ1) is 10.6. The summed E-state index contributed by atoms with van der Waals surface area (Å²) >= 11 is 7.56. The Kier molecular flexibility index (Phi) is 3.02. The molecule has 4 rings (SSSR count). The highest BCUT2D eigenvalue weighted by molar-refractivity contribution is 7.23. The summed E-state index contributed by atoms with van der Waals surface area (Å²) in [5.74, 6) is -0.277. The Morgan fingerprint density at radius 1 is 1.27 bits per heavy atom. The number of amides is 1. The van der Waals surface area contributed by atoms with Crippen LogP contribution in [0, 0.1) is 0 Å². The van der Waals surface area contributed by atoms with Gasteiger partial charge in [-0.1, -0.05) is 29.8 Å². The second-order valence-electron chi connectivity index (χ2n) is 5.08. The van der Waals surface area contributed by atoms with Gasteiger partial charge in [-0.3, -0.25) is 9.59 Å². The molecule has 0 bridgehead atoms. The molecule has 7 heteroatoms. The standard InChI is InChI=1S/C15H10ClN3O2S/c16-9-4-2-1-3-7(9)8-5-10(20)19-15-11(8)12-13(22-15)14(21)18-6-17-12/h1-4,6,8H,5H2,(H,19,20)(H,17,18,21). The van der Waals surface area contributed by atoms with E-state index in [0.717, 1.165) is 11.1 Å². The molecule has 110 valence electrons. The lowest BCUT2D eigenvalue weighted by Crippen LogP contribution is -2.22. The minimum Gasteiger partial charge on any atom is -0.317 e. The Labute approximate surface area is 134 Å². The molecule has 1 aliphatic heterocycles.